The molecule has 6 nitrogen and oxygen atoms in total. The van der Waals surface area contributed by atoms with Crippen molar-refractivity contribution in [2.45, 2.75) is 26.2 Å². The third-order valence-electron chi connectivity index (χ3n) is 4.04. The van der Waals surface area contributed by atoms with E-state index in [9.17, 15) is 4.79 Å². The maximum absolute atomic E-state index is 11.5. The zero-order valence-corrected chi connectivity index (χ0v) is 13.3. The normalized spacial score (nSPS) is 14.3. The van der Waals surface area contributed by atoms with Crippen molar-refractivity contribution in [2.75, 3.05) is 25.0 Å². The molecule has 2 aromatic rings. The van der Waals surface area contributed by atoms with Crippen molar-refractivity contribution in [1.29, 1.82) is 0 Å². The molecule has 1 amide bonds. The highest BCUT2D eigenvalue weighted by atomic mass is 16.2. The second-order valence-electron chi connectivity index (χ2n) is 5.74. The number of benzene rings is 1. The Morgan fingerprint density at radius 2 is 2.17 bits per heavy atom. The van der Waals surface area contributed by atoms with Crippen LogP contribution in [-0.4, -0.2) is 45.6 Å². The van der Waals surface area contributed by atoms with Crippen LogP contribution in [0.15, 0.2) is 30.5 Å². The number of nitrogens with one attached hydrogen (secondary N) is 1. The van der Waals surface area contributed by atoms with Crippen molar-refractivity contribution >= 4 is 11.9 Å². The van der Waals surface area contributed by atoms with Gasteiger partial charge in [-0.15, -0.1) is 5.10 Å². The van der Waals surface area contributed by atoms with E-state index < -0.39 is 0 Å². The summed E-state index contributed by atoms with van der Waals surface area (Å²) < 4.78 is 0. The summed E-state index contributed by atoms with van der Waals surface area (Å²) in [6, 6.07) is 8.08. The SMILES string of the molecule is Cc1ccccc1-c1cnnc(NCCCN2CCCC2=O)n1. The van der Waals surface area contributed by atoms with Crippen LogP contribution in [0.2, 0.25) is 0 Å². The molecule has 1 fully saturated rings. The summed E-state index contributed by atoms with van der Waals surface area (Å²) in [6.07, 6.45) is 4.23. The van der Waals surface area contributed by atoms with Gasteiger partial charge in [-0.2, -0.15) is 5.10 Å². The maximum Gasteiger partial charge on any atom is 0.243 e. The molecule has 23 heavy (non-hydrogen) atoms. The van der Waals surface area contributed by atoms with Gasteiger partial charge in [-0.05, 0) is 25.3 Å². The molecular formula is C17H21N5O. The Balaban J connectivity index is 1.56. The zero-order chi connectivity index (χ0) is 16.1. The van der Waals surface area contributed by atoms with Gasteiger partial charge in [-0.3, -0.25) is 4.79 Å². The summed E-state index contributed by atoms with van der Waals surface area (Å²) in [6.45, 7) is 4.46. The average molecular weight is 311 g/mol. The molecule has 0 unspecified atom stereocenters. The molecule has 0 bridgehead atoms. The Morgan fingerprint density at radius 3 is 2.96 bits per heavy atom. The molecule has 3 rings (SSSR count). The summed E-state index contributed by atoms with van der Waals surface area (Å²) in [4.78, 5) is 18.0. The molecule has 0 aliphatic carbocycles. The highest BCUT2D eigenvalue weighted by Crippen LogP contribution is 2.20. The fourth-order valence-corrected chi connectivity index (χ4v) is 2.78. The number of aryl methyl sites for hydroxylation is 1. The predicted molar refractivity (Wildman–Crippen MR) is 88.9 cm³/mol. The number of aromatic nitrogens is 3. The first-order valence-corrected chi connectivity index (χ1v) is 8.01. The van der Waals surface area contributed by atoms with Crippen LogP contribution >= 0.6 is 0 Å². The molecule has 1 aromatic heterocycles. The number of anilines is 1. The van der Waals surface area contributed by atoms with Crippen LogP contribution in [0.25, 0.3) is 11.3 Å². The quantitative estimate of drug-likeness (QED) is 0.829. The Hall–Kier alpha value is -2.50. The van der Waals surface area contributed by atoms with Gasteiger partial charge in [-0.1, -0.05) is 24.3 Å². The molecule has 0 spiro atoms. The fourth-order valence-electron chi connectivity index (χ4n) is 2.78. The first-order chi connectivity index (χ1) is 11.2. The standard InChI is InChI=1S/C17H21N5O/c1-13-6-2-3-7-14(13)15-12-19-21-17(20-15)18-9-5-11-22-10-4-8-16(22)23/h2-3,6-7,12H,4-5,8-11H2,1H3,(H,18,20,21). The number of carbonyl (C=O) groups is 1. The fraction of sp³-hybridized carbons (Fsp3) is 0.412. The molecule has 0 atom stereocenters. The van der Waals surface area contributed by atoms with Gasteiger partial charge in [0.1, 0.15) is 0 Å². The smallest absolute Gasteiger partial charge is 0.243 e. The number of nitrogens with zero attached hydrogens (tertiary/aromatic N) is 4. The minimum absolute atomic E-state index is 0.268. The van der Waals surface area contributed by atoms with Gasteiger partial charge >= 0.3 is 0 Å². The second kappa shape index (κ2) is 7.17. The lowest BCUT2D eigenvalue weighted by Crippen LogP contribution is -2.27. The number of amides is 1. The number of hydrogen-bond acceptors (Lipinski definition) is 5. The van der Waals surface area contributed by atoms with E-state index in [1.807, 2.05) is 23.1 Å². The molecule has 120 valence electrons. The molecule has 0 radical (unpaired) electrons. The molecular weight excluding hydrogens is 290 g/mol. The largest absolute Gasteiger partial charge is 0.353 e. The highest BCUT2D eigenvalue weighted by molar-refractivity contribution is 5.78. The van der Waals surface area contributed by atoms with Crippen LogP contribution in [-0.2, 0) is 4.79 Å². The van der Waals surface area contributed by atoms with Crippen LogP contribution < -0.4 is 5.32 Å². The lowest BCUT2D eigenvalue weighted by atomic mass is 10.1. The minimum atomic E-state index is 0.268. The van der Waals surface area contributed by atoms with Crippen LogP contribution in [0, 0.1) is 6.92 Å². The number of carbonyl (C=O) groups excluding carboxylic acids is 1. The third-order valence-corrected chi connectivity index (χ3v) is 4.04. The summed E-state index contributed by atoms with van der Waals surface area (Å²) >= 11 is 0. The van der Waals surface area contributed by atoms with Gasteiger partial charge in [0.05, 0.1) is 11.9 Å². The molecule has 1 aromatic carbocycles. The Morgan fingerprint density at radius 1 is 1.30 bits per heavy atom. The van der Waals surface area contributed by atoms with Crippen molar-refractivity contribution < 1.29 is 4.79 Å². The summed E-state index contributed by atoms with van der Waals surface area (Å²) in [5.41, 5.74) is 3.04. The summed E-state index contributed by atoms with van der Waals surface area (Å²) in [5.74, 6) is 0.794. The Labute approximate surface area is 136 Å². The first kappa shape index (κ1) is 15.4. The van der Waals surface area contributed by atoms with E-state index in [-0.39, 0.29) is 5.91 Å². The van der Waals surface area contributed by atoms with Gasteiger partial charge in [0.15, 0.2) is 0 Å². The van der Waals surface area contributed by atoms with Gasteiger partial charge in [-0.25, -0.2) is 4.98 Å². The summed E-state index contributed by atoms with van der Waals surface area (Å²) in [7, 11) is 0. The van der Waals surface area contributed by atoms with E-state index >= 15 is 0 Å². The molecule has 6 heteroatoms. The highest BCUT2D eigenvalue weighted by Gasteiger charge is 2.18. The second-order valence-corrected chi connectivity index (χ2v) is 5.74. The Bertz CT molecular complexity index is 688. The molecule has 0 saturated carbocycles. The van der Waals surface area contributed by atoms with E-state index in [0.29, 0.717) is 12.4 Å². The molecule has 1 aliphatic heterocycles. The molecule has 1 saturated heterocycles. The topological polar surface area (TPSA) is 71.0 Å². The van der Waals surface area contributed by atoms with Crippen molar-refractivity contribution in [3.63, 3.8) is 0 Å². The van der Waals surface area contributed by atoms with Crippen LogP contribution in [0.3, 0.4) is 0 Å². The predicted octanol–water partition coefficient (Wildman–Crippen LogP) is 2.27. The lowest BCUT2D eigenvalue weighted by Gasteiger charge is -2.15. The lowest BCUT2D eigenvalue weighted by molar-refractivity contribution is -0.127. The third kappa shape index (κ3) is 3.83. The van der Waals surface area contributed by atoms with Crippen molar-refractivity contribution in [2.24, 2.45) is 0 Å². The van der Waals surface area contributed by atoms with Gasteiger partial charge in [0.25, 0.3) is 0 Å². The van der Waals surface area contributed by atoms with E-state index in [1.54, 1.807) is 6.20 Å². The van der Waals surface area contributed by atoms with Crippen molar-refractivity contribution in [3.8, 4) is 11.3 Å². The average Bonchev–Trinajstić information content (AvgIpc) is 2.97. The van der Waals surface area contributed by atoms with Gasteiger partial charge in [0, 0.05) is 31.6 Å². The van der Waals surface area contributed by atoms with Crippen LogP contribution in [0.1, 0.15) is 24.8 Å². The van der Waals surface area contributed by atoms with Crippen LogP contribution in [0.5, 0.6) is 0 Å². The Kier molecular flexibility index (Phi) is 4.80. The van der Waals surface area contributed by atoms with Crippen LogP contribution in [0.4, 0.5) is 5.95 Å². The van der Waals surface area contributed by atoms with E-state index in [1.165, 1.54) is 0 Å². The summed E-state index contributed by atoms with van der Waals surface area (Å²) in [5, 5.41) is 11.2. The number of likely N-dealkylation sites (tertiary alicyclic amines) is 1. The molecule has 1 aliphatic rings. The number of hydrogen-bond donors (Lipinski definition) is 1. The molecule has 1 N–H and O–H groups in total. The monoisotopic (exact) mass is 311 g/mol. The van der Waals surface area contributed by atoms with Gasteiger partial charge in [0.2, 0.25) is 11.9 Å². The number of rotatable bonds is 6. The van der Waals surface area contributed by atoms with Crippen molar-refractivity contribution in [3.05, 3.63) is 36.0 Å². The first-order valence-electron chi connectivity index (χ1n) is 8.01. The van der Waals surface area contributed by atoms with Crippen molar-refractivity contribution in [1.82, 2.24) is 20.1 Å². The van der Waals surface area contributed by atoms with E-state index in [4.69, 9.17) is 0 Å². The maximum atomic E-state index is 11.5. The molecule has 2 heterocycles. The minimum Gasteiger partial charge on any atom is -0.353 e. The van der Waals surface area contributed by atoms with E-state index in [2.05, 4.69) is 33.5 Å². The zero-order valence-electron chi connectivity index (χ0n) is 13.3. The van der Waals surface area contributed by atoms with E-state index in [0.717, 1.165) is 49.3 Å². The van der Waals surface area contributed by atoms with Gasteiger partial charge < -0.3 is 10.2 Å².